The molecule has 5 heteroatoms. The first kappa shape index (κ1) is 17.6. The number of hydrogen-bond donors (Lipinski definition) is 1. The third kappa shape index (κ3) is 4.37. The average Bonchev–Trinajstić information content (AvgIpc) is 2.59. The second-order valence-electron chi connectivity index (χ2n) is 5.06. The lowest BCUT2D eigenvalue weighted by molar-refractivity contribution is 0.0935. The van der Waals surface area contributed by atoms with Gasteiger partial charge >= 0.3 is 0 Å². The molecule has 1 unspecified atom stereocenters. The Bertz CT molecular complexity index is 670. The Labute approximate surface area is 150 Å². The highest BCUT2D eigenvalue weighted by molar-refractivity contribution is 14.1. The number of carbonyl (C=O) groups is 1. The fourth-order valence-corrected chi connectivity index (χ4v) is 2.69. The summed E-state index contributed by atoms with van der Waals surface area (Å²) >= 11 is 2.22. The van der Waals surface area contributed by atoms with Crippen LogP contribution in [-0.4, -0.2) is 20.1 Å². The molecule has 1 N–H and O–H groups in total. The van der Waals surface area contributed by atoms with E-state index in [0.717, 1.165) is 15.6 Å². The van der Waals surface area contributed by atoms with Crippen LogP contribution in [0.15, 0.2) is 42.5 Å². The van der Waals surface area contributed by atoms with Crippen LogP contribution in [0.3, 0.4) is 0 Å². The summed E-state index contributed by atoms with van der Waals surface area (Å²) in [5.74, 6) is 1.25. The van der Waals surface area contributed by atoms with E-state index in [1.807, 2.05) is 49.4 Å². The Hall–Kier alpha value is -1.76. The van der Waals surface area contributed by atoms with Gasteiger partial charge in [0.05, 0.1) is 20.3 Å². The minimum absolute atomic E-state index is 0.0805. The fraction of sp³-hybridized carbons (Fsp3) is 0.278. The molecule has 122 valence electrons. The molecule has 1 amide bonds. The van der Waals surface area contributed by atoms with Gasteiger partial charge in [0.25, 0.3) is 5.91 Å². The highest BCUT2D eigenvalue weighted by Crippen LogP contribution is 2.31. The summed E-state index contributed by atoms with van der Waals surface area (Å²) in [4.78, 5) is 12.4. The van der Waals surface area contributed by atoms with Crippen molar-refractivity contribution in [3.63, 3.8) is 0 Å². The minimum Gasteiger partial charge on any atom is -0.493 e. The Morgan fingerprint density at radius 3 is 2.30 bits per heavy atom. The van der Waals surface area contributed by atoms with Gasteiger partial charge in [-0.2, -0.15) is 0 Å². The van der Waals surface area contributed by atoms with Gasteiger partial charge in [0.1, 0.15) is 0 Å². The van der Waals surface area contributed by atoms with Crippen molar-refractivity contribution in [3.05, 3.63) is 57.2 Å². The standard InChI is InChI=1S/C18H20INO3/c1-4-15(13-7-10-16(22-2)17(11-13)23-3)20-18(21)12-5-8-14(19)9-6-12/h5-11,15H,4H2,1-3H3,(H,20,21). The van der Waals surface area contributed by atoms with Crippen LogP contribution in [0.1, 0.15) is 35.3 Å². The molecule has 0 aliphatic heterocycles. The summed E-state index contributed by atoms with van der Waals surface area (Å²) in [6.07, 6.45) is 0.783. The second kappa shape index (κ2) is 8.19. The number of carbonyl (C=O) groups excluding carboxylic acids is 1. The molecule has 0 fully saturated rings. The third-order valence-electron chi connectivity index (χ3n) is 3.63. The number of amides is 1. The summed E-state index contributed by atoms with van der Waals surface area (Å²) in [6.45, 7) is 2.04. The van der Waals surface area contributed by atoms with Gasteiger partial charge in [0, 0.05) is 9.13 Å². The van der Waals surface area contributed by atoms with E-state index in [2.05, 4.69) is 27.9 Å². The van der Waals surface area contributed by atoms with E-state index in [1.165, 1.54) is 0 Å². The molecule has 0 aliphatic carbocycles. The van der Waals surface area contributed by atoms with E-state index in [9.17, 15) is 4.79 Å². The molecular weight excluding hydrogens is 405 g/mol. The summed E-state index contributed by atoms with van der Waals surface area (Å²) in [5, 5.41) is 3.07. The molecule has 1 atom stereocenters. The van der Waals surface area contributed by atoms with Crippen molar-refractivity contribution in [1.82, 2.24) is 5.32 Å². The summed E-state index contributed by atoms with van der Waals surface area (Å²) in [5.41, 5.74) is 1.65. The number of hydrogen-bond acceptors (Lipinski definition) is 3. The van der Waals surface area contributed by atoms with Crippen LogP contribution in [0, 0.1) is 3.57 Å². The summed E-state index contributed by atoms with van der Waals surface area (Å²) in [6, 6.07) is 13.1. The molecule has 2 aromatic carbocycles. The molecule has 0 spiro atoms. The van der Waals surface area contributed by atoms with Crippen molar-refractivity contribution in [2.45, 2.75) is 19.4 Å². The van der Waals surface area contributed by atoms with Gasteiger partial charge < -0.3 is 14.8 Å². The van der Waals surface area contributed by atoms with Crippen LogP contribution in [0.2, 0.25) is 0 Å². The minimum atomic E-state index is -0.0819. The largest absolute Gasteiger partial charge is 0.493 e. The molecule has 0 radical (unpaired) electrons. The van der Waals surface area contributed by atoms with E-state index in [0.29, 0.717) is 17.1 Å². The molecule has 0 saturated heterocycles. The topological polar surface area (TPSA) is 47.6 Å². The molecule has 23 heavy (non-hydrogen) atoms. The van der Waals surface area contributed by atoms with Gasteiger partial charge in [-0.05, 0) is 71.0 Å². The molecule has 0 bridgehead atoms. The monoisotopic (exact) mass is 425 g/mol. The Kier molecular flexibility index (Phi) is 6.27. The number of ether oxygens (including phenoxy) is 2. The van der Waals surface area contributed by atoms with Crippen molar-refractivity contribution < 1.29 is 14.3 Å². The zero-order chi connectivity index (χ0) is 16.8. The fourth-order valence-electron chi connectivity index (χ4n) is 2.33. The number of nitrogens with one attached hydrogen (secondary N) is 1. The zero-order valence-electron chi connectivity index (χ0n) is 13.4. The SMILES string of the molecule is CCC(NC(=O)c1ccc(I)cc1)c1ccc(OC)c(OC)c1. The van der Waals surface area contributed by atoms with Crippen LogP contribution >= 0.6 is 22.6 Å². The highest BCUT2D eigenvalue weighted by atomic mass is 127. The normalized spacial score (nSPS) is 11.7. The van der Waals surface area contributed by atoms with Crippen molar-refractivity contribution >= 4 is 28.5 Å². The molecule has 0 saturated carbocycles. The first-order chi connectivity index (χ1) is 11.1. The Morgan fingerprint density at radius 2 is 1.74 bits per heavy atom. The van der Waals surface area contributed by atoms with Crippen molar-refractivity contribution in [3.8, 4) is 11.5 Å². The van der Waals surface area contributed by atoms with Crippen molar-refractivity contribution in [2.24, 2.45) is 0 Å². The lowest BCUT2D eigenvalue weighted by Crippen LogP contribution is -2.28. The quantitative estimate of drug-likeness (QED) is 0.707. The molecule has 0 heterocycles. The maximum absolute atomic E-state index is 12.4. The van der Waals surface area contributed by atoms with E-state index in [4.69, 9.17) is 9.47 Å². The lowest BCUT2D eigenvalue weighted by atomic mass is 10.0. The molecule has 2 aromatic rings. The number of benzene rings is 2. The van der Waals surface area contributed by atoms with E-state index in [1.54, 1.807) is 14.2 Å². The van der Waals surface area contributed by atoms with Crippen molar-refractivity contribution in [1.29, 1.82) is 0 Å². The van der Waals surface area contributed by atoms with Gasteiger partial charge in [0.2, 0.25) is 0 Å². The van der Waals surface area contributed by atoms with Crippen LogP contribution in [0.25, 0.3) is 0 Å². The Morgan fingerprint density at radius 1 is 1.09 bits per heavy atom. The molecule has 0 aliphatic rings. The van der Waals surface area contributed by atoms with E-state index >= 15 is 0 Å². The van der Waals surface area contributed by atoms with Gasteiger partial charge in [0.15, 0.2) is 11.5 Å². The first-order valence-corrected chi connectivity index (χ1v) is 8.45. The van der Waals surface area contributed by atoms with Gasteiger partial charge in [-0.3, -0.25) is 4.79 Å². The zero-order valence-corrected chi connectivity index (χ0v) is 15.6. The van der Waals surface area contributed by atoms with Gasteiger partial charge in [-0.1, -0.05) is 13.0 Å². The maximum atomic E-state index is 12.4. The summed E-state index contributed by atoms with van der Waals surface area (Å²) in [7, 11) is 3.21. The second-order valence-corrected chi connectivity index (χ2v) is 6.30. The predicted octanol–water partition coefficient (Wildman–Crippen LogP) is 4.19. The van der Waals surface area contributed by atoms with E-state index < -0.39 is 0 Å². The lowest BCUT2D eigenvalue weighted by Gasteiger charge is -2.19. The first-order valence-electron chi connectivity index (χ1n) is 7.37. The van der Waals surface area contributed by atoms with E-state index in [-0.39, 0.29) is 11.9 Å². The van der Waals surface area contributed by atoms with Gasteiger partial charge in [-0.25, -0.2) is 0 Å². The van der Waals surface area contributed by atoms with Crippen molar-refractivity contribution in [2.75, 3.05) is 14.2 Å². The average molecular weight is 425 g/mol. The highest BCUT2D eigenvalue weighted by Gasteiger charge is 2.16. The third-order valence-corrected chi connectivity index (χ3v) is 4.35. The maximum Gasteiger partial charge on any atom is 0.251 e. The number of halogens is 1. The number of rotatable bonds is 6. The summed E-state index contributed by atoms with van der Waals surface area (Å²) < 4.78 is 11.7. The number of methoxy groups -OCH3 is 2. The predicted molar refractivity (Wildman–Crippen MR) is 99.2 cm³/mol. The van der Waals surface area contributed by atoms with Crippen LogP contribution in [0.4, 0.5) is 0 Å². The van der Waals surface area contributed by atoms with Crippen LogP contribution in [-0.2, 0) is 0 Å². The van der Waals surface area contributed by atoms with Crippen LogP contribution < -0.4 is 14.8 Å². The molecular formula is C18H20INO3. The molecule has 4 nitrogen and oxygen atoms in total. The molecule has 0 aromatic heterocycles. The smallest absolute Gasteiger partial charge is 0.251 e. The van der Waals surface area contributed by atoms with Crippen LogP contribution in [0.5, 0.6) is 11.5 Å². The Balaban J connectivity index is 2.19. The van der Waals surface area contributed by atoms with Gasteiger partial charge in [-0.15, -0.1) is 0 Å². The molecule has 2 rings (SSSR count).